The van der Waals surface area contributed by atoms with Crippen molar-refractivity contribution < 1.29 is 18.0 Å². The summed E-state index contributed by atoms with van der Waals surface area (Å²) in [7, 11) is -4.26. The SMILES string of the molecule is Cc1cccc(CN(C(=O)CN(c2ccc(Cl)cc2Cl)S(=O)(=O)c2ccccc2)[C@@H](Cc2ccccc2)C(=O)NC2CCCC2)c1. The van der Waals surface area contributed by atoms with E-state index in [0.717, 1.165) is 46.7 Å². The van der Waals surface area contributed by atoms with Gasteiger partial charge in [-0.3, -0.25) is 13.9 Å². The Morgan fingerprint density at radius 1 is 0.848 bits per heavy atom. The van der Waals surface area contributed by atoms with Crippen molar-refractivity contribution in [1.29, 1.82) is 0 Å². The Hall–Kier alpha value is -3.85. The number of anilines is 1. The Labute approximate surface area is 281 Å². The third-order valence-electron chi connectivity index (χ3n) is 8.20. The molecule has 4 aromatic rings. The molecule has 2 amide bonds. The number of nitrogens with one attached hydrogen (secondary N) is 1. The summed E-state index contributed by atoms with van der Waals surface area (Å²) in [5.41, 5.74) is 2.81. The Kier molecular flexibility index (Phi) is 11.0. The first-order valence-corrected chi connectivity index (χ1v) is 17.5. The van der Waals surface area contributed by atoms with Gasteiger partial charge in [0, 0.05) is 24.0 Å². The molecule has 1 fully saturated rings. The number of hydrogen-bond donors (Lipinski definition) is 1. The second-order valence-corrected chi connectivity index (χ2v) is 14.3. The largest absolute Gasteiger partial charge is 0.352 e. The molecule has 46 heavy (non-hydrogen) atoms. The molecule has 1 N–H and O–H groups in total. The van der Waals surface area contributed by atoms with Crippen LogP contribution in [0.15, 0.2) is 108 Å². The van der Waals surface area contributed by atoms with E-state index in [0.29, 0.717) is 5.02 Å². The number of carbonyl (C=O) groups is 2. The quantitative estimate of drug-likeness (QED) is 0.172. The zero-order valence-electron chi connectivity index (χ0n) is 25.6. The Balaban J connectivity index is 1.58. The van der Waals surface area contributed by atoms with E-state index in [1.54, 1.807) is 18.2 Å². The van der Waals surface area contributed by atoms with Crippen LogP contribution < -0.4 is 9.62 Å². The maximum absolute atomic E-state index is 14.6. The lowest BCUT2D eigenvalue weighted by atomic mass is 10.0. The average molecular weight is 679 g/mol. The fourth-order valence-corrected chi connectivity index (χ4v) is 7.86. The molecular weight excluding hydrogens is 641 g/mol. The maximum atomic E-state index is 14.6. The van der Waals surface area contributed by atoms with Gasteiger partial charge in [0.25, 0.3) is 10.0 Å². The van der Waals surface area contributed by atoms with Crippen LogP contribution in [0.25, 0.3) is 0 Å². The summed E-state index contributed by atoms with van der Waals surface area (Å²) in [5, 5.41) is 3.59. The number of carbonyl (C=O) groups excluding carboxylic acids is 2. The fourth-order valence-electron chi connectivity index (χ4n) is 5.85. The third-order valence-corrected chi connectivity index (χ3v) is 10.5. The standard InChI is InChI=1S/C36H37Cl2N3O4S/c1-26-11-10-14-28(21-26)24-40(34(22-27-12-4-2-5-13-27)36(43)39-30-15-8-9-16-30)35(42)25-41(33-20-19-29(37)23-32(33)38)46(44,45)31-17-6-3-7-18-31/h2-7,10-14,17-21,23,30,34H,8-9,15-16,22,24-25H2,1H3,(H,39,43)/t34-/m0/s1. The van der Waals surface area contributed by atoms with Crippen LogP contribution in [0, 0.1) is 6.92 Å². The van der Waals surface area contributed by atoms with Crippen molar-refractivity contribution >= 4 is 50.7 Å². The van der Waals surface area contributed by atoms with E-state index in [1.807, 2.05) is 61.5 Å². The van der Waals surface area contributed by atoms with Crippen LogP contribution >= 0.6 is 23.2 Å². The van der Waals surface area contributed by atoms with E-state index in [1.165, 1.54) is 35.2 Å². The first-order chi connectivity index (χ1) is 22.1. The second kappa shape index (κ2) is 15.2. The zero-order chi connectivity index (χ0) is 32.7. The van der Waals surface area contributed by atoms with Gasteiger partial charge < -0.3 is 10.2 Å². The van der Waals surface area contributed by atoms with Crippen molar-refractivity contribution in [1.82, 2.24) is 10.2 Å². The molecule has 4 aromatic carbocycles. The number of benzene rings is 4. The van der Waals surface area contributed by atoms with Crippen LogP contribution in [-0.2, 0) is 32.6 Å². The van der Waals surface area contributed by atoms with Crippen molar-refractivity contribution in [3.05, 3.63) is 130 Å². The van der Waals surface area contributed by atoms with Crippen molar-refractivity contribution in [2.45, 2.75) is 62.6 Å². The minimum Gasteiger partial charge on any atom is -0.352 e. The highest BCUT2D eigenvalue weighted by Gasteiger charge is 2.36. The molecule has 1 aliphatic rings. The molecule has 0 unspecified atom stereocenters. The molecule has 0 bridgehead atoms. The number of rotatable bonds is 12. The van der Waals surface area contributed by atoms with Crippen LogP contribution in [0.1, 0.15) is 42.4 Å². The van der Waals surface area contributed by atoms with Crippen LogP contribution in [0.2, 0.25) is 10.0 Å². The van der Waals surface area contributed by atoms with Crippen LogP contribution in [0.5, 0.6) is 0 Å². The number of nitrogens with zero attached hydrogens (tertiary/aromatic N) is 2. The van der Waals surface area contributed by atoms with Crippen LogP contribution in [0.4, 0.5) is 5.69 Å². The van der Waals surface area contributed by atoms with Crippen LogP contribution in [0.3, 0.4) is 0 Å². The number of hydrogen-bond acceptors (Lipinski definition) is 4. The predicted molar refractivity (Wildman–Crippen MR) is 183 cm³/mol. The molecule has 0 heterocycles. The summed E-state index contributed by atoms with van der Waals surface area (Å²) >= 11 is 12.7. The van der Waals surface area contributed by atoms with Gasteiger partial charge in [-0.15, -0.1) is 0 Å². The van der Waals surface area contributed by atoms with Crippen molar-refractivity contribution in [3.63, 3.8) is 0 Å². The molecule has 0 aliphatic heterocycles. The Bertz CT molecular complexity index is 1760. The van der Waals surface area contributed by atoms with Crippen molar-refractivity contribution in [3.8, 4) is 0 Å². The van der Waals surface area contributed by atoms with Crippen LogP contribution in [-0.4, -0.2) is 43.8 Å². The minimum atomic E-state index is -4.26. The molecule has 0 aromatic heterocycles. The Morgan fingerprint density at radius 2 is 1.50 bits per heavy atom. The first-order valence-electron chi connectivity index (χ1n) is 15.3. The molecule has 0 saturated heterocycles. The van der Waals surface area contributed by atoms with E-state index < -0.39 is 28.5 Å². The van der Waals surface area contributed by atoms with Gasteiger partial charge in [0.1, 0.15) is 12.6 Å². The number of amides is 2. The molecule has 1 atom stereocenters. The molecule has 240 valence electrons. The molecule has 5 rings (SSSR count). The Morgan fingerprint density at radius 3 is 2.15 bits per heavy atom. The second-order valence-electron chi connectivity index (χ2n) is 11.6. The summed E-state index contributed by atoms with van der Waals surface area (Å²) in [6.45, 7) is 1.47. The van der Waals surface area contributed by atoms with Gasteiger partial charge in [-0.2, -0.15) is 0 Å². The van der Waals surface area contributed by atoms with Crippen molar-refractivity contribution in [2.24, 2.45) is 0 Å². The van der Waals surface area contributed by atoms with Gasteiger partial charge in [-0.05, 0) is 61.2 Å². The fraction of sp³-hybridized carbons (Fsp3) is 0.278. The summed E-state index contributed by atoms with van der Waals surface area (Å²) in [5.74, 6) is -0.812. The van der Waals surface area contributed by atoms with E-state index in [-0.39, 0.29) is 40.5 Å². The van der Waals surface area contributed by atoms with E-state index in [2.05, 4.69) is 5.32 Å². The summed E-state index contributed by atoms with van der Waals surface area (Å²) in [6.07, 6.45) is 4.09. The smallest absolute Gasteiger partial charge is 0.264 e. The lowest BCUT2D eigenvalue weighted by molar-refractivity contribution is -0.140. The van der Waals surface area contributed by atoms with Gasteiger partial charge in [-0.25, -0.2) is 8.42 Å². The molecule has 1 saturated carbocycles. The van der Waals surface area contributed by atoms with E-state index in [9.17, 15) is 18.0 Å². The van der Waals surface area contributed by atoms with Gasteiger partial charge in [-0.1, -0.05) is 114 Å². The highest BCUT2D eigenvalue weighted by Crippen LogP contribution is 2.33. The summed E-state index contributed by atoms with van der Waals surface area (Å²) < 4.78 is 29.3. The van der Waals surface area contributed by atoms with Gasteiger partial charge in [0.2, 0.25) is 11.8 Å². The number of sulfonamides is 1. The average Bonchev–Trinajstić information content (AvgIpc) is 3.56. The lowest BCUT2D eigenvalue weighted by Gasteiger charge is -2.34. The van der Waals surface area contributed by atoms with E-state index >= 15 is 0 Å². The normalized spacial score (nSPS) is 14.1. The first kappa shape index (κ1) is 33.5. The molecule has 0 radical (unpaired) electrons. The zero-order valence-corrected chi connectivity index (χ0v) is 27.9. The summed E-state index contributed by atoms with van der Waals surface area (Å²) in [4.78, 5) is 30.2. The molecule has 7 nitrogen and oxygen atoms in total. The van der Waals surface area contributed by atoms with Gasteiger partial charge >= 0.3 is 0 Å². The molecule has 1 aliphatic carbocycles. The maximum Gasteiger partial charge on any atom is 0.264 e. The molecular formula is C36H37Cl2N3O4S. The topological polar surface area (TPSA) is 86.8 Å². The number of aryl methyl sites for hydroxylation is 1. The minimum absolute atomic E-state index is 0.00105. The summed E-state index contributed by atoms with van der Waals surface area (Å²) in [6, 6.07) is 28.7. The van der Waals surface area contributed by atoms with Gasteiger partial charge in [0.05, 0.1) is 15.6 Å². The van der Waals surface area contributed by atoms with Crippen molar-refractivity contribution in [2.75, 3.05) is 10.8 Å². The monoisotopic (exact) mass is 677 g/mol. The highest BCUT2D eigenvalue weighted by atomic mass is 35.5. The molecule has 10 heteroatoms. The van der Waals surface area contributed by atoms with Gasteiger partial charge in [0.15, 0.2) is 0 Å². The highest BCUT2D eigenvalue weighted by molar-refractivity contribution is 7.92. The predicted octanol–water partition coefficient (Wildman–Crippen LogP) is 7.20. The van der Waals surface area contributed by atoms with E-state index in [4.69, 9.17) is 23.2 Å². The molecule has 0 spiro atoms. The lowest BCUT2D eigenvalue weighted by Crippen LogP contribution is -2.54. The number of halogens is 2. The third kappa shape index (κ3) is 8.29.